The molecule has 1 fully saturated rings. The highest BCUT2D eigenvalue weighted by Gasteiger charge is 2.18. The van der Waals surface area contributed by atoms with Gasteiger partial charge in [-0.05, 0) is 33.1 Å². The Hall–Kier alpha value is -0.120. The maximum absolute atomic E-state index is 5.65. The van der Waals surface area contributed by atoms with Gasteiger partial charge in [0.05, 0.1) is 6.10 Å². The van der Waals surface area contributed by atoms with Crippen LogP contribution in [0.25, 0.3) is 0 Å². The van der Waals surface area contributed by atoms with E-state index in [-0.39, 0.29) is 0 Å². The molecule has 1 saturated heterocycles. The highest BCUT2D eigenvalue weighted by atomic mass is 16.5. The van der Waals surface area contributed by atoms with Crippen LogP contribution < -0.4 is 5.32 Å². The summed E-state index contributed by atoms with van der Waals surface area (Å²) in [5, 5.41) is 3.54. The molecule has 0 aromatic rings. The Morgan fingerprint density at radius 2 is 2.00 bits per heavy atom. The number of rotatable bonds is 7. The van der Waals surface area contributed by atoms with Gasteiger partial charge < -0.3 is 15.0 Å². The minimum Gasteiger partial charge on any atom is -0.378 e. The second-order valence-electron chi connectivity index (χ2n) is 4.76. The van der Waals surface area contributed by atoms with Gasteiger partial charge in [0.15, 0.2) is 0 Å². The van der Waals surface area contributed by atoms with E-state index in [1.54, 1.807) is 0 Å². The summed E-state index contributed by atoms with van der Waals surface area (Å²) >= 11 is 0. The molecule has 0 radical (unpaired) electrons. The third-order valence-corrected chi connectivity index (χ3v) is 3.47. The number of nitrogens with one attached hydrogen (secondary N) is 1. The molecule has 3 nitrogen and oxygen atoms in total. The third kappa shape index (κ3) is 5.28. The van der Waals surface area contributed by atoms with Gasteiger partial charge in [0.25, 0.3) is 0 Å². The number of hydrogen-bond donors (Lipinski definition) is 1. The normalized spacial score (nSPS) is 21.2. The van der Waals surface area contributed by atoms with Crippen molar-refractivity contribution in [3.8, 4) is 0 Å². The lowest BCUT2D eigenvalue weighted by molar-refractivity contribution is 0.0144. The molecular weight excluding hydrogens is 200 g/mol. The number of ether oxygens (including phenoxy) is 1. The Kier molecular flexibility index (Phi) is 7.01. The van der Waals surface area contributed by atoms with Gasteiger partial charge in [-0.25, -0.2) is 0 Å². The number of nitrogens with zero attached hydrogens (tertiary/aromatic N) is 1. The lowest BCUT2D eigenvalue weighted by Gasteiger charge is -2.32. The molecule has 96 valence electrons. The average Bonchev–Trinajstić information content (AvgIpc) is 2.31. The molecule has 1 heterocycles. The Bertz CT molecular complexity index is 167. The van der Waals surface area contributed by atoms with Crippen molar-refractivity contribution in [2.75, 3.05) is 32.8 Å². The lowest BCUT2D eigenvalue weighted by Crippen LogP contribution is -2.41. The second-order valence-corrected chi connectivity index (χ2v) is 4.76. The van der Waals surface area contributed by atoms with Crippen LogP contribution in [0.4, 0.5) is 0 Å². The zero-order valence-electron chi connectivity index (χ0n) is 11.2. The van der Waals surface area contributed by atoms with Crippen LogP contribution in [0.5, 0.6) is 0 Å². The first-order valence-electron chi connectivity index (χ1n) is 6.83. The maximum atomic E-state index is 5.65. The van der Waals surface area contributed by atoms with E-state index >= 15 is 0 Å². The summed E-state index contributed by atoms with van der Waals surface area (Å²) in [5.74, 6) is 0. The molecule has 0 amide bonds. The molecule has 0 bridgehead atoms. The van der Waals surface area contributed by atoms with Gasteiger partial charge in [0, 0.05) is 38.8 Å². The first kappa shape index (κ1) is 13.9. The van der Waals surface area contributed by atoms with Crippen LogP contribution in [0, 0.1) is 0 Å². The standard InChI is InChI=1S/C13H28N2O/c1-4-12(3)14-8-11-15-9-6-13(7-10-15)16-5-2/h12-14H,4-11H2,1-3H3. The van der Waals surface area contributed by atoms with Crippen LogP contribution in [-0.2, 0) is 4.74 Å². The number of hydrogen-bond acceptors (Lipinski definition) is 3. The monoisotopic (exact) mass is 228 g/mol. The average molecular weight is 228 g/mol. The largest absolute Gasteiger partial charge is 0.378 e. The highest BCUT2D eigenvalue weighted by Crippen LogP contribution is 2.12. The molecule has 0 spiro atoms. The Labute approximate surface area is 101 Å². The Morgan fingerprint density at radius 1 is 1.31 bits per heavy atom. The molecule has 1 N–H and O–H groups in total. The second kappa shape index (κ2) is 8.04. The molecule has 16 heavy (non-hydrogen) atoms. The molecule has 1 aliphatic rings. The summed E-state index contributed by atoms with van der Waals surface area (Å²) in [6, 6.07) is 0.654. The van der Waals surface area contributed by atoms with Gasteiger partial charge in [0.2, 0.25) is 0 Å². The SMILES string of the molecule is CCOC1CCN(CCNC(C)CC)CC1. The van der Waals surface area contributed by atoms with Crippen molar-refractivity contribution in [1.29, 1.82) is 0 Å². The van der Waals surface area contributed by atoms with Crippen molar-refractivity contribution in [2.24, 2.45) is 0 Å². The van der Waals surface area contributed by atoms with E-state index < -0.39 is 0 Å². The zero-order valence-corrected chi connectivity index (χ0v) is 11.2. The van der Waals surface area contributed by atoms with E-state index in [1.807, 2.05) is 0 Å². The van der Waals surface area contributed by atoms with Crippen molar-refractivity contribution in [3.05, 3.63) is 0 Å². The molecule has 0 aromatic carbocycles. The molecule has 0 aromatic heterocycles. The zero-order chi connectivity index (χ0) is 11.8. The quantitative estimate of drug-likeness (QED) is 0.720. The van der Waals surface area contributed by atoms with Crippen molar-refractivity contribution in [1.82, 2.24) is 10.2 Å². The predicted octanol–water partition coefficient (Wildman–Crippen LogP) is 1.88. The minimum atomic E-state index is 0.517. The minimum absolute atomic E-state index is 0.517. The fraction of sp³-hybridized carbons (Fsp3) is 1.00. The highest BCUT2D eigenvalue weighted by molar-refractivity contribution is 4.73. The molecule has 3 heteroatoms. The number of likely N-dealkylation sites (tertiary alicyclic amines) is 1. The summed E-state index contributed by atoms with van der Waals surface area (Å²) in [5.41, 5.74) is 0. The van der Waals surface area contributed by atoms with E-state index in [2.05, 4.69) is 31.0 Å². The van der Waals surface area contributed by atoms with Gasteiger partial charge in [-0.2, -0.15) is 0 Å². The molecular formula is C13H28N2O. The van der Waals surface area contributed by atoms with Crippen LogP contribution in [0.1, 0.15) is 40.0 Å². The smallest absolute Gasteiger partial charge is 0.0599 e. The summed E-state index contributed by atoms with van der Waals surface area (Å²) in [6.45, 7) is 12.1. The molecule has 0 aliphatic carbocycles. The third-order valence-electron chi connectivity index (χ3n) is 3.47. The summed E-state index contributed by atoms with van der Waals surface area (Å²) < 4.78 is 5.65. The van der Waals surface area contributed by atoms with Crippen molar-refractivity contribution >= 4 is 0 Å². The molecule has 0 saturated carbocycles. The van der Waals surface area contributed by atoms with Crippen molar-refractivity contribution in [3.63, 3.8) is 0 Å². The molecule has 1 rings (SSSR count). The van der Waals surface area contributed by atoms with Crippen LogP contribution in [0.2, 0.25) is 0 Å². The van der Waals surface area contributed by atoms with Gasteiger partial charge >= 0.3 is 0 Å². The van der Waals surface area contributed by atoms with Crippen molar-refractivity contribution in [2.45, 2.75) is 52.2 Å². The number of piperidine rings is 1. The van der Waals surface area contributed by atoms with E-state index in [0.29, 0.717) is 12.1 Å². The van der Waals surface area contributed by atoms with Crippen LogP contribution in [0.3, 0.4) is 0 Å². The van der Waals surface area contributed by atoms with E-state index in [1.165, 1.54) is 38.9 Å². The maximum Gasteiger partial charge on any atom is 0.0599 e. The van der Waals surface area contributed by atoms with Crippen LogP contribution in [-0.4, -0.2) is 49.8 Å². The first-order valence-corrected chi connectivity index (χ1v) is 6.83. The molecule has 1 aliphatic heterocycles. The first-order chi connectivity index (χ1) is 7.76. The summed E-state index contributed by atoms with van der Waals surface area (Å²) in [6.07, 6.45) is 4.14. The van der Waals surface area contributed by atoms with E-state index in [4.69, 9.17) is 4.74 Å². The van der Waals surface area contributed by atoms with E-state index in [9.17, 15) is 0 Å². The van der Waals surface area contributed by atoms with Gasteiger partial charge in [0.1, 0.15) is 0 Å². The van der Waals surface area contributed by atoms with Gasteiger partial charge in [-0.1, -0.05) is 6.92 Å². The molecule has 1 atom stereocenters. The van der Waals surface area contributed by atoms with Gasteiger partial charge in [-0.3, -0.25) is 0 Å². The molecule has 1 unspecified atom stereocenters. The van der Waals surface area contributed by atoms with Crippen LogP contribution >= 0.6 is 0 Å². The van der Waals surface area contributed by atoms with E-state index in [0.717, 1.165) is 13.2 Å². The summed E-state index contributed by atoms with van der Waals surface area (Å²) in [7, 11) is 0. The van der Waals surface area contributed by atoms with Crippen molar-refractivity contribution < 1.29 is 4.74 Å². The van der Waals surface area contributed by atoms with Crippen LogP contribution in [0.15, 0.2) is 0 Å². The summed E-state index contributed by atoms with van der Waals surface area (Å²) in [4.78, 5) is 2.55. The van der Waals surface area contributed by atoms with Gasteiger partial charge in [-0.15, -0.1) is 0 Å². The predicted molar refractivity (Wildman–Crippen MR) is 68.8 cm³/mol. The fourth-order valence-electron chi connectivity index (χ4n) is 2.15. The Balaban J connectivity index is 2.03. The fourth-order valence-corrected chi connectivity index (χ4v) is 2.15. The topological polar surface area (TPSA) is 24.5 Å². The lowest BCUT2D eigenvalue weighted by atomic mass is 10.1. The Morgan fingerprint density at radius 3 is 2.56 bits per heavy atom.